The molecule has 43 heavy (non-hydrogen) atoms. The molecule has 0 heterocycles. The number of hydrogen-bond acceptors (Lipinski definition) is 6. The van der Waals surface area contributed by atoms with Crippen LogP contribution in [0, 0.1) is 0 Å². The molecule has 0 unspecified atom stereocenters. The van der Waals surface area contributed by atoms with Gasteiger partial charge in [0.2, 0.25) is 20.0 Å². The first kappa shape index (κ1) is 31.6. The van der Waals surface area contributed by atoms with Crippen molar-refractivity contribution >= 4 is 43.2 Å². The highest BCUT2D eigenvalue weighted by molar-refractivity contribution is 7.89. The van der Waals surface area contributed by atoms with Gasteiger partial charge in [0.1, 0.15) is 0 Å². The highest BCUT2D eigenvalue weighted by Gasteiger charge is 2.19. The quantitative estimate of drug-likeness (QED) is 0.272. The average Bonchev–Trinajstić information content (AvgIpc) is 2.99. The molecule has 4 aromatic rings. The maximum Gasteiger partial charge on any atom is 0.255 e. The summed E-state index contributed by atoms with van der Waals surface area (Å²) in [5, 5.41) is 5.63. The van der Waals surface area contributed by atoms with Gasteiger partial charge in [-0.05, 0) is 90.3 Å². The van der Waals surface area contributed by atoms with Gasteiger partial charge in [-0.2, -0.15) is 0 Å². The van der Waals surface area contributed by atoms with Crippen molar-refractivity contribution in [2.24, 2.45) is 0 Å². The number of nitrogens with one attached hydrogen (secondary N) is 2. The van der Waals surface area contributed by atoms with Crippen LogP contribution < -0.4 is 10.6 Å². The van der Waals surface area contributed by atoms with Crippen LogP contribution >= 0.6 is 0 Å². The number of carbonyl (C=O) groups is 2. The molecule has 10 nitrogen and oxygen atoms in total. The minimum atomic E-state index is -3.57. The van der Waals surface area contributed by atoms with Crippen molar-refractivity contribution in [1.82, 2.24) is 8.61 Å². The topological polar surface area (TPSA) is 133 Å². The average molecular weight is 621 g/mol. The fourth-order valence-corrected chi connectivity index (χ4v) is 5.84. The molecule has 0 atom stereocenters. The highest BCUT2D eigenvalue weighted by Crippen LogP contribution is 2.19. The van der Waals surface area contributed by atoms with Crippen LogP contribution in [0.4, 0.5) is 11.4 Å². The maximum absolute atomic E-state index is 12.6. The van der Waals surface area contributed by atoms with E-state index in [9.17, 15) is 26.4 Å². The lowest BCUT2D eigenvalue weighted by atomic mass is 10.0. The molecule has 12 heteroatoms. The van der Waals surface area contributed by atoms with Crippen LogP contribution in [0.15, 0.2) is 107 Å². The van der Waals surface area contributed by atoms with Crippen LogP contribution in [0.1, 0.15) is 31.8 Å². The first-order valence-electron chi connectivity index (χ1n) is 13.1. The van der Waals surface area contributed by atoms with Gasteiger partial charge >= 0.3 is 0 Å². The van der Waals surface area contributed by atoms with Gasteiger partial charge in [0, 0.05) is 50.7 Å². The van der Waals surface area contributed by atoms with Crippen molar-refractivity contribution in [3.8, 4) is 0 Å². The van der Waals surface area contributed by atoms with Crippen LogP contribution in [-0.4, -0.2) is 65.5 Å². The van der Waals surface area contributed by atoms with Crippen molar-refractivity contribution in [1.29, 1.82) is 0 Å². The lowest BCUT2D eigenvalue weighted by Gasteiger charge is -2.12. The molecule has 0 aliphatic carbocycles. The van der Waals surface area contributed by atoms with Gasteiger partial charge < -0.3 is 10.6 Å². The molecule has 2 amide bonds. The molecule has 224 valence electrons. The minimum Gasteiger partial charge on any atom is -0.322 e. The molecule has 0 fully saturated rings. The van der Waals surface area contributed by atoms with Gasteiger partial charge in [0.15, 0.2) is 0 Å². The number of nitrogens with zero attached hydrogens (tertiary/aromatic N) is 2. The van der Waals surface area contributed by atoms with Gasteiger partial charge in [-0.1, -0.05) is 24.3 Å². The summed E-state index contributed by atoms with van der Waals surface area (Å²) in [7, 11) is -1.35. The van der Waals surface area contributed by atoms with Gasteiger partial charge in [0.05, 0.1) is 9.79 Å². The second-order valence-electron chi connectivity index (χ2n) is 10.1. The molecule has 0 radical (unpaired) electrons. The van der Waals surface area contributed by atoms with E-state index in [0.29, 0.717) is 28.9 Å². The molecule has 0 aliphatic heterocycles. The van der Waals surface area contributed by atoms with Crippen LogP contribution in [-0.2, 0) is 26.5 Å². The fraction of sp³-hybridized carbons (Fsp3) is 0.161. The molecule has 0 saturated carbocycles. The molecule has 0 spiro atoms. The maximum atomic E-state index is 12.6. The molecular formula is C31H32N4O6S2. The van der Waals surface area contributed by atoms with Crippen molar-refractivity contribution in [2.75, 3.05) is 38.8 Å². The Bertz CT molecular complexity index is 1680. The van der Waals surface area contributed by atoms with Crippen molar-refractivity contribution in [3.63, 3.8) is 0 Å². The van der Waals surface area contributed by atoms with E-state index in [1.807, 2.05) is 24.3 Å². The molecule has 2 N–H and O–H groups in total. The second-order valence-corrected chi connectivity index (χ2v) is 14.4. The number of sulfonamides is 2. The zero-order valence-corrected chi connectivity index (χ0v) is 25.7. The summed E-state index contributed by atoms with van der Waals surface area (Å²) in [5.41, 5.74) is 3.90. The van der Waals surface area contributed by atoms with Crippen molar-refractivity contribution in [2.45, 2.75) is 16.2 Å². The largest absolute Gasteiger partial charge is 0.322 e. The van der Waals surface area contributed by atoms with Crippen molar-refractivity contribution < 1.29 is 26.4 Å². The number of carbonyl (C=O) groups excluding carboxylic acids is 2. The monoisotopic (exact) mass is 620 g/mol. The highest BCUT2D eigenvalue weighted by atomic mass is 32.2. The Labute approximate surface area is 252 Å². The van der Waals surface area contributed by atoms with E-state index in [2.05, 4.69) is 10.6 Å². The lowest BCUT2D eigenvalue weighted by Crippen LogP contribution is -2.22. The van der Waals surface area contributed by atoms with Crippen LogP contribution in [0.25, 0.3) is 0 Å². The van der Waals surface area contributed by atoms with E-state index in [1.54, 1.807) is 24.3 Å². The zero-order chi connectivity index (χ0) is 31.4. The Kier molecular flexibility index (Phi) is 9.46. The SMILES string of the molecule is CN(C)S(=O)(=O)c1ccc(C(=O)Nc2ccc(Cc3ccc(NC(=O)c4ccc(S(=O)(=O)N(C)C)cc4)cc3)cc2)cc1. The van der Waals surface area contributed by atoms with E-state index in [0.717, 1.165) is 19.7 Å². The number of amides is 2. The standard InChI is InChI=1S/C31H32N4O6S2/c1-34(2)42(38,39)28-17-9-24(10-18-28)30(36)32-26-13-5-22(6-14-26)21-23-7-15-27(16-8-23)33-31(37)25-11-19-29(20-12-25)43(40,41)35(3)4/h5-20H,21H2,1-4H3,(H,32,36)(H,33,37). The Morgan fingerprint density at radius 1 is 0.512 bits per heavy atom. The van der Waals surface area contributed by atoms with Gasteiger partial charge in [-0.3, -0.25) is 9.59 Å². The van der Waals surface area contributed by atoms with E-state index in [-0.39, 0.29) is 21.6 Å². The molecule has 0 aliphatic rings. The van der Waals surface area contributed by atoms with Crippen LogP contribution in [0.2, 0.25) is 0 Å². The number of anilines is 2. The Morgan fingerprint density at radius 3 is 1.09 bits per heavy atom. The molecule has 4 aromatic carbocycles. The third kappa shape index (κ3) is 7.54. The normalized spacial score (nSPS) is 11.9. The summed E-state index contributed by atoms with van der Waals surface area (Å²) in [6, 6.07) is 26.3. The smallest absolute Gasteiger partial charge is 0.255 e. The van der Waals surface area contributed by atoms with Gasteiger partial charge in [-0.15, -0.1) is 0 Å². The fourth-order valence-electron chi connectivity index (χ4n) is 4.03. The summed E-state index contributed by atoms with van der Waals surface area (Å²) >= 11 is 0. The third-order valence-corrected chi connectivity index (χ3v) is 10.3. The lowest BCUT2D eigenvalue weighted by molar-refractivity contribution is 0.101. The second kappa shape index (κ2) is 12.9. The van der Waals surface area contributed by atoms with Gasteiger partial charge in [0.25, 0.3) is 11.8 Å². The first-order chi connectivity index (χ1) is 20.3. The molecule has 4 rings (SSSR count). The minimum absolute atomic E-state index is 0.110. The van der Waals surface area contributed by atoms with E-state index >= 15 is 0 Å². The molecule has 0 bridgehead atoms. The Hall–Kier alpha value is -4.36. The third-order valence-electron chi connectivity index (χ3n) is 6.62. The summed E-state index contributed by atoms with van der Waals surface area (Å²) in [6.07, 6.45) is 0.631. The first-order valence-corrected chi connectivity index (χ1v) is 16.0. The van der Waals surface area contributed by atoms with E-state index in [4.69, 9.17) is 0 Å². The Balaban J connectivity index is 1.32. The number of rotatable bonds is 10. The Morgan fingerprint density at radius 2 is 0.814 bits per heavy atom. The predicted octanol–water partition coefficient (Wildman–Crippen LogP) is 4.28. The summed E-state index contributed by atoms with van der Waals surface area (Å²) < 4.78 is 51.1. The summed E-state index contributed by atoms with van der Waals surface area (Å²) in [5.74, 6) is -0.706. The zero-order valence-electron chi connectivity index (χ0n) is 24.1. The van der Waals surface area contributed by atoms with Crippen molar-refractivity contribution in [3.05, 3.63) is 119 Å². The van der Waals surface area contributed by atoms with E-state index < -0.39 is 20.0 Å². The van der Waals surface area contributed by atoms with Gasteiger partial charge in [-0.25, -0.2) is 25.4 Å². The van der Waals surface area contributed by atoms with E-state index in [1.165, 1.54) is 76.7 Å². The summed E-state index contributed by atoms with van der Waals surface area (Å²) in [4.78, 5) is 25.5. The molecule has 0 saturated heterocycles. The number of benzene rings is 4. The molecular weight excluding hydrogens is 588 g/mol. The number of hydrogen-bond donors (Lipinski definition) is 2. The molecule has 0 aromatic heterocycles. The van der Waals surface area contributed by atoms with Crippen LogP contribution in [0.3, 0.4) is 0 Å². The van der Waals surface area contributed by atoms with Crippen LogP contribution in [0.5, 0.6) is 0 Å². The summed E-state index contributed by atoms with van der Waals surface area (Å²) in [6.45, 7) is 0. The predicted molar refractivity (Wildman–Crippen MR) is 166 cm³/mol.